The van der Waals surface area contributed by atoms with Crippen LogP contribution in [0.25, 0.3) is 0 Å². The predicted molar refractivity (Wildman–Crippen MR) is 95.8 cm³/mol. The summed E-state index contributed by atoms with van der Waals surface area (Å²) in [6.45, 7) is 3.40. The SMILES string of the molecule is CC1(C)C(C(=O)O)C1C(=O)OC(C#N)c1cccc(Oc2ccccc2)c1. The first-order valence-corrected chi connectivity index (χ1v) is 8.50. The van der Waals surface area contributed by atoms with Crippen molar-refractivity contribution in [1.29, 1.82) is 5.26 Å². The average Bonchev–Trinajstić information content (AvgIpc) is 3.23. The van der Waals surface area contributed by atoms with Crippen LogP contribution >= 0.6 is 0 Å². The Morgan fingerprint density at radius 2 is 1.74 bits per heavy atom. The van der Waals surface area contributed by atoms with Crippen molar-refractivity contribution in [3.8, 4) is 17.6 Å². The standard InChI is InChI=1S/C21H19NO5/c1-21(2)17(19(23)24)18(21)20(25)27-16(12-22)13-7-6-10-15(11-13)26-14-8-4-3-5-9-14/h3-11,16-18H,1-2H3,(H,23,24). The van der Waals surface area contributed by atoms with Crippen molar-refractivity contribution >= 4 is 11.9 Å². The average molecular weight is 365 g/mol. The minimum Gasteiger partial charge on any atom is -0.481 e. The van der Waals surface area contributed by atoms with Gasteiger partial charge in [-0.3, -0.25) is 9.59 Å². The third kappa shape index (κ3) is 3.77. The largest absolute Gasteiger partial charge is 0.481 e. The van der Waals surface area contributed by atoms with Crippen LogP contribution < -0.4 is 4.74 Å². The van der Waals surface area contributed by atoms with Crippen LogP contribution in [0.5, 0.6) is 11.5 Å². The zero-order valence-electron chi connectivity index (χ0n) is 15.0. The van der Waals surface area contributed by atoms with Crippen molar-refractivity contribution in [2.45, 2.75) is 20.0 Å². The summed E-state index contributed by atoms with van der Waals surface area (Å²) in [5.41, 5.74) is -0.217. The molecule has 6 heteroatoms. The molecule has 0 amide bonds. The van der Waals surface area contributed by atoms with Crippen LogP contribution in [-0.4, -0.2) is 17.0 Å². The number of carbonyl (C=O) groups excluding carboxylic acids is 1. The number of benzene rings is 2. The van der Waals surface area contributed by atoms with E-state index in [2.05, 4.69) is 0 Å². The molecule has 2 aromatic rings. The van der Waals surface area contributed by atoms with Crippen LogP contribution in [0.15, 0.2) is 54.6 Å². The summed E-state index contributed by atoms with van der Waals surface area (Å²) in [5.74, 6) is -2.11. The van der Waals surface area contributed by atoms with Gasteiger partial charge in [0.25, 0.3) is 0 Å². The van der Waals surface area contributed by atoms with Gasteiger partial charge in [0, 0.05) is 5.56 Å². The van der Waals surface area contributed by atoms with Crippen molar-refractivity contribution in [2.24, 2.45) is 17.3 Å². The monoisotopic (exact) mass is 365 g/mol. The lowest BCUT2D eigenvalue weighted by Gasteiger charge is -2.13. The normalized spacial score (nSPS) is 20.8. The lowest BCUT2D eigenvalue weighted by molar-refractivity contribution is -0.151. The van der Waals surface area contributed by atoms with Crippen molar-refractivity contribution in [2.75, 3.05) is 0 Å². The van der Waals surface area contributed by atoms with E-state index in [-0.39, 0.29) is 0 Å². The number of nitriles is 1. The zero-order chi connectivity index (χ0) is 19.6. The number of carboxylic acids is 1. The molecule has 0 aliphatic heterocycles. The van der Waals surface area contributed by atoms with Crippen LogP contribution in [0.1, 0.15) is 25.5 Å². The number of esters is 1. The minimum atomic E-state index is -1.14. The van der Waals surface area contributed by atoms with Gasteiger partial charge in [0.05, 0.1) is 11.8 Å². The van der Waals surface area contributed by atoms with E-state index >= 15 is 0 Å². The molecule has 0 aromatic heterocycles. The van der Waals surface area contributed by atoms with Gasteiger partial charge in [-0.25, -0.2) is 0 Å². The molecule has 2 aromatic carbocycles. The molecule has 0 spiro atoms. The van der Waals surface area contributed by atoms with E-state index in [4.69, 9.17) is 9.47 Å². The van der Waals surface area contributed by atoms with Crippen molar-refractivity contribution in [3.63, 3.8) is 0 Å². The summed E-state index contributed by atoms with van der Waals surface area (Å²) < 4.78 is 11.0. The number of hydrogen-bond acceptors (Lipinski definition) is 5. The van der Waals surface area contributed by atoms with E-state index in [1.54, 1.807) is 50.2 Å². The second kappa shape index (κ2) is 7.12. The molecule has 1 N–H and O–H groups in total. The first-order valence-electron chi connectivity index (χ1n) is 8.50. The molecule has 3 rings (SSSR count). The van der Waals surface area contributed by atoms with Crippen molar-refractivity contribution in [1.82, 2.24) is 0 Å². The van der Waals surface area contributed by atoms with E-state index in [0.29, 0.717) is 17.1 Å². The first kappa shape index (κ1) is 18.5. The Balaban J connectivity index is 1.73. The van der Waals surface area contributed by atoms with E-state index in [9.17, 15) is 20.0 Å². The molecule has 1 saturated carbocycles. The summed E-state index contributed by atoms with van der Waals surface area (Å²) in [6, 6.07) is 17.8. The fraction of sp³-hybridized carbons (Fsp3) is 0.286. The van der Waals surface area contributed by atoms with Crippen LogP contribution in [0, 0.1) is 28.6 Å². The van der Waals surface area contributed by atoms with E-state index < -0.39 is 35.3 Å². The minimum absolute atomic E-state index is 0.463. The number of ether oxygens (including phenoxy) is 2. The third-order valence-electron chi connectivity index (χ3n) is 4.84. The fourth-order valence-electron chi connectivity index (χ4n) is 3.26. The molecular weight excluding hydrogens is 346 g/mol. The number of nitrogens with zero attached hydrogens (tertiary/aromatic N) is 1. The van der Waals surface area contributed by atoms with Gasteiger partial charge in [-0.15, -0.1) is 0 Å². The number of rotatable bonds is 6. The Bertz CT molecular complexity index is 900. The summed E-state index contributed by atoms with van der Waals surface area (Å²) >= 11 is 0. The highest BCUT2D eigenvalue weighted by atomic mass is 16.5. The van der Waals surface area contributed by atoms with Gasteiger partial charge < -0.3 is 14.6 Å². The molecule has 6 nitrogen and oxygen atoms in total. The highest BCUT2D eigenvalue weighted by Crippen LogP contribution is 2.59. The van der Waals surface area contributed by atoms with Gasteiger partial charge in [-0.2, -0.15) is 5.26 Å². The molecule has 3 unspecified atom stereocenters. The number of aliphatic carboxylic acids is 1. The molecule has 1 aliphatic carbocycles. The second-order valence-corrected chi connectivity index (χ2v) is 7.05. The van der Waals surface area contributed by atoms with Gasteiger partial charge in [-0.05, 0) is 29.7 Å². The van der Waals surface area contributed by atoms with Crippen LogP contribution in [-0.2, 0) is 14.3 Å². The van der Waals surface area contributed by atoms with Crippen LogP contribution in [0.2, 0.25) is 0 Å². The Kier molecular flexibility index (Phi) is 4.87. The van der Waals surface area contributed by atoms with E-state index in [0.717, 1.165) is 0 Å². The second-order valence-electron chi connectivity index (χ2n) is 7.05. The zero-order valence-corrected chi connectivity index (χ0v) is 15.0. The third-order valence-corrected chi connectivity index (χ3v) is 4.84. The lowest BCUT2D eigenvalue weighted by Crippen LogP contribution is -2.15. The topological polar surface area (TPSA) is 96.6 Å². The first-order chi connectivity index (χ1) is 12.8. The number of carbonyl (C=O) groups is 2. The number of para-hydroxylation sites is 1. The molecule has 1 aliphatic rings. The van der Waals surface area contributed by atoms with Crippen molar-refractivity contribution < 1.29 is 24.2 Å². The molecule has 27 heavy (non-hydrogen) atoms. The smallest absolute Gasteiger partial charge is 0.312 e. The van der Waals surface area contributed by atoms with Gasteiger partial charge in [-0.1, -0.05) is 44.2 Å². The maximum atomic E-state index is 12.4. The predicted octanol–water partition coefficient (Wildman–Crippen LogP) is 3.94. The maximum absolute atomic E-state index is 12.4. The van der Waals surface area contributed by atoms with Gasteiger partial charge in [0.1, 0.15) is 17.6 Å². The quantitative estimate of drug-likeness (QED) is 0.779. The highest BCUT2D eigenvalue weighted by Gasteiger charge is 2.67. The Hall–Kier alpha value is -3.33. The summed E-state index contributed by atoms with van der Waals surface area (Å²) in [5, 5.41) is 18.6. The van der Waals surface area contributed by atoms with Gasteiger partial charge in [0.15, 0.2) is 0 Å². The van der Waals surface area contributed by atoms with Crippen LogP contribution in [0.4, 0.5) is 0 Å². The molecule has 0 heterocycles. The Labute approximate surface area is 157 Å². The molecule has 0 saturated heterocycles. The maximum Gasteiger partial charge on any atom is 0.312 e. The summed E-state index contributed by atoms with van der Waals surface area (Å²) in [6.07, 6.45) is -1.14. The highest BCUT2D eigenvalue weighted by molar-refractivity contribution is 5.88. The number of hydrogen-bond donors (Lipinski definition) is 1. The van der Waals surface area contributed by atoms with Gasteiger partial charge >= 0.3 is 11.9 Å². The van der Waals surface area contributed by atoms with E-state index in [1.165, 1.54) is 0 Å². The summed E-state index contributed by atoms with van der Waals surface area (Å²) in [7, 11) is 0. The Morgan fingerprint density at radius 3 is 2.33 bits per heavy atom. The fourth-order valence-corrected chi connectivity index (χ4v) is 3.26. The molecule has 3 atom stereocenters. The van der Waals surface area contributed by atoms with Crippen LogP contribution in [0.3, 0.4) is 0 Å². The lowest BCUT2D eigenvalue weighted by atomic mass is 10.1. The molecule has 138 valence electrons. The molecule has 0 bridgehead atoms. The summed E-state index contributed by atoms with van der Waals surface area (Å²) in [4.78, 5) is 23.6. The molecular formula is C21H19NO5. The van der Waals surface area contributed by atoms with Crippen molar-refractivity contribution in [3.05, 3.63) is 60.2 Å². The Morgan fingerprint density at radius 1 is 1.07 bits per heavy atom. The molecule has 1 fully saturated rings. The molecule has 0 radical (unpaired) electrons. The van der Waals surface area contributed by atoms with Gasteiger partial charge in [0.2, 0.25) is 6.10 Å². The number of carboxylic acid groups (broad SMARTS) is 1. The van der Waals surface area contributed by atoms with E-state index in [1.807, 2.05) is 24.3 Å².